The third-order valence-corrected chi connectivity index (χ3v) is 5.64. The van der Waals surface area contributed by atoms with E-state index in [-0.39, 0.29) is 6.42 Å². The summed E-state index contributed by atoms with van der Waals surface area (Å²) in [6.07, 6.45) is 4.31. The molecule has 0 radical (unpaired) electrons. The first-order valence-electron chi connectivity index (χ1n) is 10.9. The fourth-order valence-corrected chi connectivity index (χ4v) is 4.00. The van der Waals surface area contributed by atoms with Crippen molar-refractivity contribution in [1.82, 2.24) is 15.0 Å². The van der Waals surface area contributed by atoms with Crippen LogP contribution in [-0.2, 0) is 17.8 Å². The first-order valence-corrected chi connectivity index (χ1v) is 10.9. The second-order valence-corrected chi connectivity index (χ2v) is 8.29. The Labute approximate surface area is 188 Å². The number of nitrogens with zero attached hydrogens (tertiary/aromatic N) is 3. The number of carboxylic acid groups (broad SMARTS) is 1. The van der Waals surface area contributed by atoms with Gasteiger partial charge in [0, 0.05) is 25.7 Å². The Morgan fingerprint density at radius 1 is 1.03 bits per heavy atom. The van der Waals surface area contributed by atoms with Crippen LogP contribution < -0.4 is 4.90 Å². The van der Waals surface area contributed by atoms with Crippen molar-refractivity contribution in [2.24, 2.45) is 0 Å². The van der Waals surface area contributed by atoms with Gasteiger partial charge in [-0.3, -0.25) is 4.79 Å². The molecule has 0 spiro atoms. The van der Waals surface area contributed by atoms with E-state index in [1.165, 1.54) is 16.7 Å². The van der Waals surface area contributed by atoms with Crippen molar-refractivity contribution in [3.8, 4) is 11.3 Å². The normalized spacial score (nSPS) is 11.1. The van der Waals surface area contributed by atoms with Crippen LogP contribution in [0.25, 0.3) is 22.3 Å². The number of aromatic nitrogens is 3. The van der Waals surface area contributed by atoms with E-state index in [1.807, 2.05) is 0 Å². The summed E-state index contributed by atoms with van der Waals surface area (Å²) in [4.78, 5) is 25.2. The predicted octanol–water partition coefficient (Wildman–Crippen LogP) is 5.37. The van der Waals surface area contributed by atoms with Crippen molar-refractivity contribution in [3.63, 3.8) is 0 Å². The summed E-state index contributed by atoms with van der Waals surface area (Å²) in [5.74, 6) is 0.167. The van der Waals surface area contributed by atoms with Gasteiger partial charge in [-0.1, -0.05) is 54.1 Å². The Bertz CT molecular complexity index is 1210. The number of carboxylic acids is 1. The molecule has 0 fully saturated rings. The third-order valence-electron chi connectivity index (χ3n) is 5.64. The van der Waals surface area contributed by atoms with Gasteiger partial charge in [-0.25, -0.2) is 9.97 Å². The number of hydrogen-bond acceptors (Lipinski definition) is 4. The number of fused-ring (bicyclic) bond motifs is 1. The molecular formula is C26H28N4O2. The van der Waals surface area contributed by atoms with E-state index in [9.17, 15) is 4.79 Å². The van der Waals surface area contributed by atoms with Crippen LogP contribution in [0, 0.1) is 6.92 Å². The van der Waals surface area contributed by atoms with Gasteiger partial charge in [-0.15, -0.1) is 0 Å². The summed E-state index contributed by atoms with van der Waals surface area (Å²) in [5.41, 5.74) is 6.62. The maximum absolute atomic E-state index is 10.6. The van der Waals surface area contributed by atoms with Crippen LogP contribution in [0.4, 0.5) is 5.82 Å². The molecule has 6 nitrogen and oxygen atoms in total. The van der Waals surface area contributed by atoms with Crippen molar-refractivity contribution < 1.29 is 9.90 Å². The molecule has 4 aromatic rings. The quantitative estimate of drug-likeness (QED) is 0.350. The van der Waals surface area contributed by atoms with Crippen LogP contribution in [0.3, 0.4) is 0 Å². The monoisotopic (exact) mass is 428 g/mol. The van der Waals surface area contributed by atoms with Gasteiger partial charge >= 0.3 is 5.97 Å². The highest BCUT2D eigenvalue weighted by atomic mass is 16.4. The van der Waals surface area contributed by atoms with Gasteiger partial charge in [0.25, 0.3) is 0 Å². The first-order chi connectivity index (χ1) is 15.5. The minimum absolute atomic E-state index is 0.231. The number of nitrogens with one attached hydrogen (secondary N) is 1. The van der Waals surface area contributed by atoms with E-state index < -0.39 is 5.97 Å². The standard InChI is InChI=1S/C26H28N4O2/c1-18-6-5-8-20(14-18)16-30(2)26-22-15-23(29-25(22)27-17-28-26)21-12-10-19(11-13-21)7-3-4-9-24(31)32/h5-6,8,10-15,17H,3-4,7,9,16H2,1-2H3,(H,31,32)(H,27,28,29). The molecule has 4 rings (SSSR count). The predicted molar refractivity (Wildman–Crippen MR) is 128 cm³/mol. The molecule has 32 heavy (non-hydrogen) atoms. The lowest BCUT2D eigenvalue weighted by atomic mass is 10.0. The number of aryl methyl sites for hydroxylation is 2. The molecule has 2 aromatic heterocycles. The van der Waals surface area contributed by atoms with E-state index in [2.05, 4.69) is 88.4 Å². The molecule has 0 unspecified atom stereocenters. The van der Waals surface area contributed by atoms with Gasteiger partial charge in [-0.2, -0.15) is 0 Å². The lowest BCUT2D eigenvalue weighted by Gasteiger charge is -2.19. The Kier molecular flexibility index (Phi) is 6.50. The van der Waals surface area contributed by atoms with Crippen LogP contribution in [0.2, 0.25) is 0 Å². The van der Waals surface area contributed by atoms with Gasteiger partial charge in [0.1, 0.15) is 17.8 Å². The van der Waals surface area contributed by atoms with Crippen molar-refractivity contribution >= 4 is 22.8 Å². The number of aliphatic carboxylic acids is 1. The SMILES string of the molecule is Cc1cccc(CN(C)c2ncnc3[nH]c(-c4ccc(CCCCC(=O)O)cc4)cc23)c1. The minimum Gasteiger partial charge on any atom is -0.481 e. The number of carbonyl (C=O) groups is 1. The van der Waals surface area contributed by atoms with Crippen LogP contribution in [-0.4, -0.2) is 33.1 Å². The minimum atomic E-state index is -0.730. The van der Waals surface area contributed by atoms with Crippen LogP contribution in [0.5, 0.6) is 0 Å². The molecule has 164 valence electrons. The zero-order chi connectivity index (χ0) is 22.5. The summed E-state index contributed by atoms with van der Waals surface area (Å²) >= 11 is 0. The molecule has 6 heteroatoms. The number of anilines is 1. The largest absolute Gasteiger partial charge is 0.481 e. The smallest absolute Gasteiger partial charge is 0.303 e. The van der Waals surface area contributed by atoms with Crippen LogP contribution >= 0.6 is 0 Å². The molecule has 0 aliphatic heterocycles. The second kappa shape index (κ2) is 9.64. The van der Waals surface area contributed by atoms with Gasteiger partial charge in [0.15, 0.2) is 0 Å². The Balaban J connectivity index is 1.50. The van der Waals surface area contributed by atoms with E-state index >= 15 is 0 Å². The first kappa shape index (κ1) is 21.6. The number of unbranched alkanes of at least 4 members (excludes halogenated alkanes) is 1. The van der Waals surface area contributed by atoms with Crippen molar-refractivity contribution in [3.05, 3.63) is 77.6 Å². The maximum atomic E-state index is 10.6. The molecule has 0 saturated heterocycles. The van der Waals surface area contributed by atoms with Crippen LogP contribution in [0.1, 0.15) is 36.0 Å². The molecule has 0 amide bonds. The van der Waals surface area contributed by atoms with E-state index in [4.69, 9.17) is 5.11 Å². The number of benzene rings is 2. The fraction of sp³-hybridized carbons (Fsp3) is 0.269. The second-order valence-electron chi connectivity index (χ2n) is 8.29. The summed E-state index contributed by atoms with van der Waals surface area (Å²) < 4.78 is 0. The number of H-pyrrole nitrogens is 1. The molecule has 0 aliphatic rings. The molecule has 0 saturated carbocycles. The van der Waals surface area contributed by atoms with Crippen molar-refractivity contribution in [2.45, 2.75) is 39.2 Å². The average molecular weight is 429 g/mol. The number of aromatic amines is 1. The fourth-order valence-electron chi connectivity index (χ4n) is 4.00. The highest BCUT2D eigenvalue weighted by Crippen LogP contribution is 2.29. The zero-order valence-electron chi connectivity index (χ0n) is 18.5. The topological polar surface area (TPSA) is 82.1 Å². The third kappa shape index (κ3) is 5.14. The van der Waals surface area contributed by atoms with Crippen LogP contribution in [0.15, 0.2) is 60.9 Å². The summed E-state index contributed by atoms with van der Waals surface area (Å²) in [6.45, 7) is 2.87. The highest BCUT2D eigenvalue weighted by molar-refractivity contribution is 5.91. The van der Waals surface area contributed by atoms with E-state index in [1.54, 1.807) is 6.33 Å². The summed E-state index contributed by atoms with van der Waals surface area (Å²) in [5, 5.41) is 9.75. The zero-order valence-corrected chi connectivity index (χ0v) is 18.5. The molecule has 2 heterocycles. The Hall–Kier alpha value is -3.67. The van der Waals surface area contributed by atoms with Crippen molar-refractivity contribution in [2.75, 3.05) is 11.9 Å². The molecule has 0 aliphatic carbocycles. The lowest BCUT2D eigenvalue weighted by Crippen LogP contribution is -2.18. The maximum Gasteiger partial charge on any atom is 0.303 e. The van der Waals surface area contributed by atoms with Gasteiger partial charge < -0.3 is 15.0 Å². The molecule has 0 atom stereocenters. The molecular weight excluding hydrogens is 400 g/mol. The van der Waals surface area contributed by atoms with Gasteiger partial charge in [-0.05, 0) is 48.9 Å². The van der Waals surface area contributed by atoms with Gasteiger partial charge in [0.2, 0.25) is 0 Å². The van der Waals surface area contributed by atoms with Crippen molar-refractivity contribution in [1.29, 1.82) is 0 Å². The Morgan fingerprint density at radius 3 is 2.59 bits per heavy atom. The highest BCUT2D eigenvalue weighted by Gasteiger charge is 2.13. The average Bonchev–Trinajstić information content (AvgIpc) is 3.21. The van der Waals surface area contributed by atoms with E-state index in [0.29, 0.717) is 6.42 Å². The molecule has 2 aromatic carbocycles. The molecule has 0 bridgehead atoms. The van der Waals surface area contributed by atoms with E-state index in [0.717, 1.165) is 47.5 Å². The lowest BCUT2D eigenvalue weighted by molar-refractivity contribution is -0.137. The Morgan fingerprint density at radius 2 is 1.84 bits per heavy atom. The summed E-state index contributed by atoms with van der Waals surface area (Å²) in [7, 11) is 2.05. The number of rotatable bonds is 9. The molecule has 2 N–H and O–H groups in total. The van der Waals surface area contributed by atoms with Gasteiger partial charge in [0.05, 0.1) is 5.39 Å². The number of hydrogen-bond donors (Lipinski definition) is 2. The summed E-state index contributed by atoms with van der Waals surface area (Å²) in [6, 6.07) is 19.0.